The molecule has 3 rings (SSSR count). The average Bonchev–Trinajstić information content (AvgIpc) is 2.57. The van der Waals surface area contributed by atoms with Crippen LogP contribution in [0.25, 0.3) is 0 Å². The molecule has 1 aromatic carbocycles. The van der Waals surface area contributed by atoms with Crippen molar-refractivity contribution in [2.45, 2.75) is 45.1 Å². The summed E-state index contributed by atoms with van der Waals surface area (Å²) in [5.74, 6) is 0.845. The molecule has 1 aliphatic carbocycles. The number of nitrogens with zero attached hydrogens (tertiary/aromatic N) is 1. The number of morpholine rings is 1. The molecule has 1 saturated carbocycles. The Morgan fingerprint density at radius 1 is 1.10 bits per heavy atom. The summed E-state index contributed by atoms with van der Waals surface area (Å²) >= 11 is 0. The van der Waals surface area contributed by atoms with Gasteiger partial charge < -0.3 is 15.0 Å². The molecule has 0 bridgehead atoms. The van der Waals surface area contributed by atoms with E-state index in [9.17, 15) is 0 Å². The van der Waals surface area contributed by atoms with Gasteiger partial charge in [-0.15, -0.1) is 0 Å². The quantitative estimate of drug-likeness (QED) is 0.909. The lowest BCUT2D eigenvalue weighted by Crippen LogP contribution is -2.36. The van der Waals surface area contributed by atoms with Crippen LogP contribution in [0.3, 0.4) is 0 Å². The van der Waals surface area contributed by atoms with Crippen LogP contribution in [0.1, 0.15) is 39.0 Å². The highest BCUT2D eigenvalue weighted by Gasteiger charge is 2.23. The Labute approximate surface area is 128 Å². The van der Waals surface area contributed by atoms with E-state index in [1.54, 1.807) is 0 Å². The Kier molecular flexibility index (Phi) is 5.02. The SMILES string of the molecule is CCC1CCCCC1Nc1ccc(N2CCOCC2)cc1. The fourth-order valence-electron chi connectivity index (χ4n) is 3.69. The smallest absolute Gasteiger partial charge is 0.0642 e. The van der Waals surface area contributed by atoms with Crippen LogP contribution >= 0.6 is 0 Å². The molecule has 21 heavy (non-hydrogen) atoms. The van der Waals surface area contributed by atoms with Gasteiger partial charge in [0.05, 0.1) is 13.2 Å². The van der Waals surface area contributed by atoms with Gasteiger partial charge in [-0.2, -0.15) is 0 Å². The van der Waals surface area contributed by atoms with Crippen LogP contribution in [-0.2, 0) is 4.74 Å². The molecule has 2 unspecified atom stereocenters. The Morgan fingerprint density at radius 3 is 2.52 bits per heavy atom. The second-order valence-corrected chi connectivity index (χ2v) is 6.35. The Morgan fingerprint density at radius 2 is 1.81 bits per heavy atom. The number of rotatable bonds is 4. The van der Waals surface area contributed by atoms with Crippen molar-refractivity contribution in [1.82, 2.24) is 0 Å². The van der Waals surface area contributed by atoms with E-state index in [-0.39, 0.29) is 0 Å². The summed E-state index contributed by atoms with van der Waals surface area (Å²) < 4.78 is 5.42. The van der Waals surface area contributed by atoms with Gasteiger partial charge in [-0.3, -0.25) is 0 Å². The van der Waals surface area contributed by atoms with E-state index >= 15 is 0 Å². The van der Waals surface area contributed by atoms with Gasteiger partial charge in [-0.1, -0.05) is 26.2 Å². The summed E-state index contributed by atoms with van der Waals surface area (Å²) in [4.78, 5) is 2.41. The van der Waals surface area contributed by atoms with Crippen molar-refractivity contribution >= 4 is 11.4 Å². The van der Waals surface area contributed by atoms with E-state index in [1.165, 1.54) is 43.5 Å². The minimum absolute atomic E-state index is 0.665. The zero-order valence-corrected chi connectivity index (χ0v) is 13.2. The molecule has 116 valence electrons. The molecule has 0 aromatic heterocycles. The largest absolute Gasteiger partial charge is 0.382 e. The zero-order chi connectivity index (χ0) is 14.5. The van der Waals surface area contributed by atoms with Crippen LogP contribution in [0.4, 0.5) is 11.4 Å². The summed E-state index contributed by atoms with van der Waals surface area (Å²) in [5, 5.41) is 3.77. The van der Waals surface area contributed by atoms with Gasteiger partial charge in [-0.25, -0.2) is 0 Å². The molecule has 2 fully saturated rings. The molecule has 2 atom stereocenters. The minimum atomic E-state index is 0.665. The Balaban J connectivity index is 1.61. The molecule has 3 nitrogen and oxygen atoms in total. The normalized spacial score (nSPS) is 26.6. The van der Waals surface area contributed by atoms with Crippen LogP contribution in [0.2, 0.25) is 0 Å². The van der Waals surface area contributed by atoms with Gasteiger partial charge in [-0.05, 0) is 43.0 Å². The molecule has 1 heterocycles. The van der Waals surface area contributed by atoms with Crippen molar-refractivity contribution in [2.24, 2.45) is 5.92 Å². The van der Waals surface area contributed by atoms with Gasteiger partial charge in [0.15, 0.2) is 0 Å². The monoisotopic (exact) mass is 288 g/mol. The van der Waals surface area contributed by atoms with Crippen LogP contribution in [0.15, 0.2) is 24.3 Å². The van der Waals surface area contributed by atoms with E-state index in [2.05, 4.69) is 41.4 Å². The molecule has 0 amide bonds. The summed E-state index contributed by atoms with van der Waals surface area (Å²) in [6.07, 6.45) is 6.79. The average molecular weight is 288 g/mol. The van der Waals surface area contributed by atoms with Crippen molar-refractivity contribution < 1.29 is 4.74 Å². The van der Waals surface area contributed by atoms with Crippen LogP contribution in [0, 0.1) is 5.92 Å². The molecular formula is C18H28N2O. The molecule has 1 aliphatic heterocycles. The van der Waals surface area contributed by atoms with Crippen molar-refractivity contribution in [2.75, 3.05) is 36.5 Å². The first-order valence-electron chi connectivity index (χ1n) is 8.56. The molecule has 0 radical (unpaired) electrons. The summed E-state index contributed by atoms with van der Waals surface area (Å²) in [6.45, 7) is 6.04. The predicted octanol–water partition coefficient (Wildman–Crippen LogP) is 3.90. The summed E-state index contributed by atoms with van der Waals surface area (Å²) in [5.41, 5.74) is 2.59. The van der Waals surface area contributed by atoms with Gasteiger partial charge in [0, 0.05) is 30.5 Å². The second kappa shape index (κ2) is 7.17. The third kappa shape index (κ3) is 3.70. The Bertz CT molecular complexity index is 425. The minimum Gasteiger partial charge on any atom is -0.382 e. The number of nitrogens with one attached hydrogen (secondary N) is 1. The van der Waals surface area contributed by atoms with Crippen LogP contribution in [-0.4, -0.2) is 32.3 Å². The van der Waals surface area contributed by atoms with Crippen molar-refractivity contribution in [3.8, 4) is 0 Å². The second-order valence-electron chi connectivity index (χ2n) is 6.35. The Hall–Kier alpha value is -1.22. The number of hydrogen-bond acceptors (Lipinski definition) is 3. The van der Waals surface area contributed by atoms with E-state index in [0.29, 0.717) is 6.04 Å². The molecule has 1 N–H and O–H groups in total. The first kappa shape index (κ1) is 14.7. The van der Waals surface area contributed by atoms with E-state index < -0.39 is 0 Å². The third-order valence-electron chi connectivity index (χ3n) is 5.03. The standard InChI is InChI=1S/C18H28N2O/c1-2-15-5-3-4-6-18(15)19-16-7-9-17(10-8-16)20-11-13-21-14-12-20/h7-10,15,18-19H,2-6,11-14H2,1H3. The predicted molar refractivity (Wildman–Crippen MR) is 89.1 cm³/mol. The van der Waals surface area contributed by atoms with E-state index in [0.717, 1.165) is 32.2 Å². The summed E-state index contributed by atoms with van der Waals surface area (Å²) in [6, 6.07) is 9.64. The third-order valence-corrected chi connectivity index (χ3v) is 5.03. The zero-order valence-electron chi connectivity index (χ0n) is 13.2. The van der Waals surface area contributed by atoms with Gasteiger partial charge in [0.1, 0.15) is 0 Å². The highest BCUT2D eigenvalue weighted by atomic mass is 16.5. The van der Waals surface area contributed by atoms with Crippen molar-refractivity contribution in [1.29, 1.82) is 0 Å². The fourth-order valence-corrected chi connectivity index (χ4v) is 3.69. The van der Waals surface area contributed by atoms with Gasteiger partial charge in [0.25, 0.3) is 0 Å². The maximum absolute atomic E-state index is 5.42. The maximum Gasteiger partial charge on any atom is 0.0642 e. The van der Waals surface area contributed by atoms with Gasteiger partial charge >= 0.3 is 0 Å². The molecule has 3 heteroatoms. The van der Waals surface area contributed by atoms with E-state index in [1.807, 2.05) is 0 Å². The molecular weight excluding hydrogens is 260 g/mol. The molecule has 1 aromatic rings. The van der Waals surface area contributed by atoms with Crippen molar-refractivity contribution in [3.63, 3.8) is 0 Å². The molecule has 1 saturated heterocycles. The number of anilines is 2. The first-order chi connectivity index (χ1) is 10.4. The molecule has 2 aliphatic rings. The maximum atomic E-state index is 5.42. The highest BCUT2D eigenvalue weighted by Crippen LogP contribution is 2.30. The van der Waals surface area contributed by atoms with Crippen LogP contribution in [0.5, 0.6) is 0 Å². The number of ether oxygens (including phenoxy) is 1. The number of benzene rings is 1. The topological polar surface area (TPSA) is 24.5 Å². The highest BCUT2D eigenvalue weighted by molar-refractivity contribution is 5.55. The summed E-state index contributed by atoms with van der Waals surface area (Å²) in [7, 11) is 0. The fraction of sp³-hybridized carbons (Fsp3) is 0.667. The van der Waals surface area contributed by atoms with Crippen LogP contribution < -0.4 is 10.2 Å². The molecule has 0 spiro atoms. The van der Waals surface area contributed by atoms with Gasteiger partial charge in [0.2, 0.25) is 0 Å². The lowest BCUT2D eigenvalue weighted by molar-refractivity contribution is 0.122. The first-order valence-corrected chi connectivity index (χ1v) is 8.56. The van der Waals surface area contributed by atoms with Crippen molar-refractivity contribution in [3.05, 3.63) is 24.3 Å². The lowest BCUT2D eigenvalue weighted by atomic mass is 9.83. The number of hydrogen-bond donors (Lipinski definition) is 1. The van der Waals surface area contributed by atoms with E-state index in [4.69, 9.17) is 4.74 Å². The lowest BCUT2D eigenvalue weighted by Gasteiger charge is -2.33.